The van der Waals surface area contributed by atoms with Crippen LogP contribution in [0.25, 0.3) is 0 Å². The van der Waals surface area contributed by atoms with Crippen molar-refractivity contribution in [2.45, 2.75) is 32.7 Å². The van der Waals surface area contributed by atoms with Gasteiger partial charge in [0, 0.05) is 18.3 Å². The van der Waals surface area contributed by atoms with Crippen LogP contribution >= 0.6 is 0 Å². The number of aromatic carboxylic acids is 1. The van der Waals surface area contributed by atoms with Crippen molar-refractivity contribution < 1.29 is 9.90 Å². The highest BCUT2D eigenvalue weighted by Crippen LogP contribution is 2.10. The van der Waals surface area contributed by atoms with Gasteiger partial charge in [-0.05, 0) is 45.8 Å². The Morgan fingerprint density at radius 2 is 2.16 bits per heavy atom. The van der Waals surface area contributed by atoms with Gasteiger partial charge in [0.2, 0.25) is 5.95 Å². The average molecular weight is 264 g/mol. The Bertz CT molecular complexity index is 458. The zero-order valence-electron chi connectivity index (χ0n) is 11.4. The molecule has 1 fully saturated rings. The van der Waals surface area contributed by atoms with Crippen molar-refractivity contribution in [3.05, 3.63) is 17.5 Å². The molecular weight excluding hydrogens is 244 g/mol. The number of hydrogen-bond donors (Lipinski definition) is 2. The van der Waals surface area contributed by atoms with E-state index in [0.717, 1.165) is 19.6 Å². The quantitative estimate of drug-likeness (QED) is 0.836. The summed E-state index contributed by atoms with van der Waals surface area (Å²) >= 11 is 0. The number of aryl methyl sites for hydroxylation is 1. The summed E-state index contributed by atoms with van der Waals surface area (Å²) in [5.74, 6) is -0.634. The Balaban J connectivity index is 1.99. The van der Waals surface area contributed by atoms with E-state index in [0.29, 0.717) is 11.6 Å². The van der Waals surface area contributed by atoms with E-state index < -0.39 is 5.97 Å². The van der Waals surface area contributed by atoms with E-state index in [1.165, 1.54) is 18.9 Å². The van der Waals surface area contributed by atoms with Gasteiger partial charge >= 0.3 is 5.97 Å². The summed E-state index contributed by atoms with van der Waals surface area (Å²) < 4.78 is 0. The summed E-state index contributed by atoms with van der Waals surface area (Å²) in [6, 6.07) is 1.67. The highest BCUT2D eigenvalue weighted by atomic mass is 16.4. The van der Waals surface area contributed by atoms with Crippen LogP contribution in [0.3, 0.4) is 0 Å². The molecule has 19 heavy (non-hydrogen) atoms. The first-order valence-corrected chi connectivity index (χ1v) is 6.62. The molecule has 1 aliphatic rings. The fraction of sp³-hybridized carbons (Fsp3) is 0.615. The molecule has 0 aliphatic carbocycles. The van der Waals surface area contributed by atoms with E-state index >= 15 is 0 Å². The molecule has 0 amide bonds. The zero-order chi connectivity index (χ0) is 13.8. The minimum absolute atomic E-state index is 0.0309. The van der Waals surface area contributed by atoms with Crippen molar-refractivity contribution >= 4 is 11.9 Å². The number of nitrogens with zero attached hydrogens (tertiary/aromatic N) is 3. The van der Waals surface area contributed by atoms with Crippen molar-refractivity contribution in [1.29, 1.82) is 0 Å². The largest absolute Gasteiger partial charge is 0.477 e. The Hall–Kier alpha value is -1.69. The molecule has 2 heterocycles. The maximum Gasteiger partial charge on any atom is 0.354 e. The first-order chi connectivity index (χ1) is 9.04. The molecule has 1 unspecified atom stereocenters. The van der Waals surface area contributed by atoms with Gasteiger partial charge in [-0.25, -0.2) is 14.8 Å². The van der Waals surface area contributed by atoms with Crippen LogP contribution in [0.4, 0.5) is 5.95 Å². The van der Waals surface area contributed by atoms with Crippen LogP contribution in [0.2, 0.25) is 0 Å². The van der Waals surface area contributed by atoms with Crippen LogP contribution in [0.15, 0.2) is 6.07 Å². The molecule has 2 rings (SSSR count). The van der Waals surface area contributed by atoms with Gasteiger partial charge in [-0.15, -0.1) is 0 Å². The van der Waals surface area contributed by atoms with Crippen LogP contribution in [0.1, 0.15) is 35.9 Å². The van der Waals surface area contributed by atoms with Crippen LogP contribution in [-0.4, -0.2) is 51.6 Å². The monoisotopic (exact) mass is 264 g/mol. The normalized spacial score (nSPS) is 17.4. The summed E-state index contributed by atoms with van der Waals surface area (Å²) in [5, 5.41) is 12.1. The van der Waals surface area contributed by atoms with E-state index in [1.807, 2.05) is 0 Å². The van der Waals surface area contributed by atoms with Crippen LogP contribution in [-0.2, 0) is 0 Å². The van der Waals surface area contributed by atoms with Gasteiger partial charge in [0.15, 0.2) is 5.69 Å². The molecule has 0 aromatic carbocycles. The fourth-order valence-corrected chi connectivity index (χ4v) is 2.36. The minimum Gasteiger partial charge on any atom is -0.477 e. The molecule has 0 bridgehead atoms. The Morgan fingerprint density at radius 3 is 2.79 bits per heavy atom. The molecule has 1 saturated heterocycles. The van der Waals surface area contributed by atoms with Gasteiger partial charge in [0.05, 0.1) is 0 Å². The molecular formula is C13H20N4O2. The standard InChI is InChI=1S/C13H20N4O2/c1-9-7-11(12(18)19)16-13(14-9)15-10(2)8-17-5-3-4-6-17/h7,10H,3-6,8H2,1-2H3,(H,18,19)(H,14,15,16). The lowest BCUT2D eigenvalue weighted by atomic mass is 10.3. The smallest absolute Gasteiger partial charge is 0.354 e. The minimum atomic E-state index is -1.03. The first-order valence-electron chi connectivity index (χ1n) is 6.62. The number of nitrogens with one attached hydrogen (secondary N) is 1. The second-order valence-electron chi connectivity index (χ2n) is 5.08. The Morgan fingerprint density at radius 1 is 1.47 bits per heavy atom. The van der Waals surface area contributed by atoms with Gasteiger partial charge in [-0.1, -0.05) is 0 Å². The predicted molar refractivity (Wildman–Crippen MR) is 72.5 cm³/mol. The molecule has 0 saturated carbocycles. The molecule has 1 aromatic heterocycles. The van der Waals surface area contributed by atoms with E-state index in [1.54, 1.807) is 6.92 Å². The van der Waals surface area contributed by atoms with Crippen LogP contribution in [0, 0.1) is 6.92 Å². The number of carbonyl (C=O) groups is 1. The Labute approximate surface area is 112 Å². The fourth-order valence-electron chi connectivity index (χ4n) is 2.36. The molecule has 104 valence electrons. The van der Waals surface area contributed by atoms with Crippen molar-refractivity contribution in [3.8, 4) is 0 Å². The maximum atomic E-state index is 10.9. The first kappa shape index (κ1) is 13.7. The number of carboxylic acids is 1. The third kappa shape index (κ3) is 3.89. The summed E-state index contributed by atoms with van der Waals surface area (Å²) in [5.41, 5.74) is 0.687. The summed E-state index contributed by atoms with van der Waals surface area (Å²) in [7, 11) is 0. The van der Waals surface area contributed by atoms with Crippen molar-refractivity contribution in [1.82, 2.24) is 14.9 Å². The maximum absolute atomic E-state index is 10.9. The van der Waals surface area contributed by atoms with Crippen molar-refractivity contribution in [2.24, 2.45) is 0 Å². The highest BCUT2D eigenvalue weighted by Gasteiger charge is 2.16. The predicted octanol–water partition coefficient (Wildman–Crippen LogP) is 1.38. The molecule has 1 aliphatic heterocycles. The number of likely N-dealkylation sites (tertiary alicyclic amines) is 1. The molecule has 6 heteroatoms. The molecule has 0 radical (unpaired) electrons. The number of aromatic nitrogens is 2. The van der Waals surface area contributed by atoms with E-state index in [4.69, 9.17) is 5.11 Å². The van der Waals surface area contributed by atoms with E-state index in [2.05, 4.69) is 27.1 Å². The molecule has 6 nitrogen and oxygen atoms in total. The van der Waals surface area contributed by atoms with Crippen molar-refractivity contribution in [2.75, 3.05) is 25.0 Å². The summed E-state index contributed by atoms with van der Waals surface area (Å²) in [4.78, 5) is 21.6. The highest BCUT2D eigenvalue weighted by molar-refractivity contribution is 5.85. The zero-order valence-corrected chi connectivity index (χ0v) is 11.4. The lowest BCUT2D eigenvalue weighted by molar-refractivity contribution is 0.0690. The van der Waals surface area contributed by atoms with E-state index in [-0.39, 0.29) is 11.7 Å². The number of rotatable bonds is 5. The topological polar surface area (TPSA) is 78.3 Å². The summed E-state index contributed by atoms with van der Waals surface area (Å²) in [6.45, 7) is 7.04. The SMILES string of the molecule is Cc1cc(C(=O)O)nc(NC(C)CN2CCCC2)n1. The van der Waals surface area contributed by atoms with Gasteiger partial charge < -0.3 is 15.3 Å². The second-order valence-corrected chi connectivity index (χ2v) is 5.08. The number of carboxylic acid groups (broad SMARTS) is 1. The second kappa shape index (κ2) is 5.97. The lowest BCUT2D eigenvalue weighted by Gasteiger charge is -2.21. The van der Waals surface area contributed by atoms with Crippen LogP contribution < -0.4 is 5.32 Å². The van der Waals surface area contributed by atoms with Gasteiger partial charge in [0.1, 0.15) is 0 Å². The molecule has 2 N–H and O–H groups in total. The number of anilines is 1. The average Bonchev–Trinajstić information content (AvgIpc) is 2.80. The Kier molecular flexibility index (Phi) is 4.31. The van der Waals surface area contributed by atoms with Gasteiger partial charge in [-0.2, -0.15) is 0 Å². The molecule has 0 spiro atoms. The van der Waals surface area contributed by atoms with Gasteiger partial charge in [-0.3, -0.25) is 0 Å². The van der Waals surface area contributed by atoms with Crippen LogP contribution in [0.5, 0.6) is 0 Å². The van der Waals surface area contributed by atoms with Crippen molar-refractivity contribution in [3.63, 3.8) is 0 Å². The van der Waals surface area contributed by atoms with Gasteiger partial charge in [0.25, 0.3) is 0 Å². The lowest BCUT2D eigenvalue weighted by Crippen LogP contribution is -2.33. The summed E-state index contributed by atoms with van der Waals surface area (Å²) in [6.07, 6.45) is 2.52. The number of hydrogen-bond acceptors (Lipinski definition) is 5. The third-order valence-electron chi connectivity index (χ3n) is 3.18. The molecule has 1 atom stereocenters. The van der Waals surface area contributed by atoms with E-state index in [9.17, 15) is 4.79 Å². The molecule has 1 aromatic rings. The third-order valence-corrected chi connectivity index (χ3v) is 3.18.